The number of aliphatic hydroxyl groups is 1. The second-order valence-electron chi connectivity index (χ2n) is 3.64. The first-order valence-electron chi connectivity index (χ1n) is 4.47. The molecule has 0 radical (unpaired) electrons. The van der Waals surface area contributed by atoms with Gasteiger partial charge >= 0.3 is 0 Å². The Hall–Kier alpha value is -0.340. The van der Waals surface area contributed by atoms with Crippen LogP contribution < -0.4 is 0 Å². The van der Waals surface area contributed by atoms with Gasteiger partial charge in [0.05, 0.1) is 6.10 Å². The molecule has 1 nitrogen and oxygen atoms in total. The number of benzene rings is 1. The van der Waals surface area contributed by atoms with Crippen LogP contribution in [0.4, 0.5) is 0 Å². The summed E-state index contributed by atoms with van der Waals surface area (Å²) >= 11 is 3.45. The van der Waals surface area contributed by atoms with E-state index < -0.39 is 0 Å². The molecule has 0 amide bonds. The van der Waals surface area contributed by atoms with Gasteiger partial charge in [-0.15, -0.1) is 0 Å². The zero-order valence-electron chi connectivity index (χ0n) is 8.21. The van der Waals surface area contributed by atoms with Crippen molar-refractivity contribution in [3.63, 3.8) is 0 Å². The van der Waals surface area contributed by atoms with Gasteiger partial charge in [0.2, 0.25) is 0 Å². The summed E-state index contributed by atoms with van der Waals surface area (Å²) in [6.07, 6.45) is -0.363. The van der Waals surface area contributed by atoms with Crippen LogP contribution >= 0.6 is 15.9 Å². The molecule has 0 heterocycles. The molecule has 1 unspecified atom stereocenters. The lowest BCUT2D eigenvalue weighted by Gasteiger charge is -2.17. The molecule has 0 aliphatic rings. The molecule has 0 bridgehead atoms. The van der Waals surface area contributed by atoms with Crippen molar-refractivity contribution in [2.75, 3.05) is 0 Å². The van der Waals surface area contributed by atoms with Gasteiger partial charge in [0.15, 0.2) is 0 Å². The van der Waals surface area contributed by atoms with Crippen LogP contribution in [-0.4, -0.2) is 5.11 Å². The van der Waals surface area contributed by atoms with E-state index in [0.29, 0.717) is 0 Å². The van der Waals surface area contributed by atoms with Crippen molar-refractivity contribution in [1.82, 2.24) is 0 Å². The molecule has 0 aromatic heterocycles. The third-order valence-electron chi connectivity index (χ3n) is 2.26. The normalized spacial score (nSPS) is 13.4. The van der Waals surface area contributed by atoms with Crippen LogP contribution in [0.25, 0.3) is 0 Å². The Labute approximate surface area is 87.9 Å². The summed E-state index contributed by atoms with van der Waals surface area (Å²) < 4.78 is 1.06. The number of hydrogen-bond donors (Lipinski definition) is 1. The van der Waals surface area contributed by atoms with Gasteiger partial charge in [-0.1, -0.05) is 41.9 Å². The first-order chi connectivity index (χ1) is 6.04. The molecular formula is C11H15BrO. The predicted molar refractivity (Wildman–Crippen MR) is 58.7 cm³/mol. The second kappa shape index (κ2) is 4.25. The van der Waals surface area contributed by atoms with Gasteiger partial charge in [-0.2, -0.15) is 0 Å². The zero-order chi connectivity index (χ0) is 10.0. The minimum Gasteiger partial charge on any atom is -0.388 e. The molecule has 0 aliphatic carbocycles. The average molecular weight is 243 g/mol. The van der Waals surface area contributed by atoms with Crippen molar-refractivity contribution in [3.05, 3.63) is 33.8 Å². The maximum atomic E-state index is 9.88. The average Bonchev–Trinajstić information content (AvgIpc) is 2.08. The summed E-state index contributed by atoms with van der Waals surface area (Å²) in [5.41, 5.74) is 2.15. The van der Waals surface area contributed by atoms with Crippen molar-refractivity contribution < 1.29 is 5.11 Å². The van der Waals surface area contributed by atoms with Crippen molar-refractivity contribution in [2.24, 2.45) is 5.92 Å². The molecule has 0 saturated carbocycles. The van der Waals surface area contributed by atoms with Crippen molar-refractivity contribution in [1.29, 1.82) is 0 Å². The van der Waals surface area contributed by atoms with Crippen LogP contribution in [0.3, 0.4) is 0 Å². The summed E-state index contributed by atoms with van der Waals surface area (Å²) in [4.78, 5) is 0. The Morgan fingerprint density at radius 3 is 2.46 bits per heavy atom. The van der Waals surface area contributed by atoms with Crippen LogP contribution in [0.1, 0.15) is 31.1 Å². The molecule has 0 fully saturated rings. The van der Waals surface area contributed by atoms with Crippen molar-refractivity contribution in [3.8, 4) is 0 Å². The van der Waals surface area contributed by atoms with Crippen LogP contribution in [0, 0.1) is 12.8 Å². The number of aliphatic hydroxyl groups excluding tert-OH is 1. The van der Waals surface area contributed by atoms with E-state index >= 15 is 0 Å². The summed E-state index contributed by atoms with van der Waals surface area (Å²) in [5, 5.41) is 9.88. The molecule has 2 heteroatoms. The molecule has 0 saturated heterocycles. The predicted octanol–water partition coefficient (Wildman–Crippen LogP) is 3.45. The molecule has 0 aliphatic heterocycles. The lowest BCUT2D eigenvalue weighted by Crippen LogP contribution is -2.07. The Balaban J connectivity index is 3.07. The first-order valence-corrected chi connectivity index (χ1v) is 5.26. The highest BCUT2D eigenvalue weighted by Crippen LogP contribution is 2.28. The molecular weight excluding hydrogens is 228 g/mol. The minimum absolute atomic E-state index is 0.257. The molecule has 1 atom stereocenters. The van der Waals surface area contributed by atoms with E-state index in [9.17, 15) is 5.11 Å². The van der Waals surface area contributed by atoms with E-state index in [1.165, 1.54) is 0 Å². The molecule has 72 valence electrons. The summed E-state index contributed by atoms with van der Waals surface area (Å²) in [6, 6.07) is 5.93. The van der Waals surface area contributed by atoms with Crippen LogP contribution in [0.5, 0.6) is 0 Å². The fourth-order valence-corrected chi connectivity index (χ4v) is 1.69. The summed E-state index contributed by atoms with van der Waals surface area (Å²) in [6.45, 7) is 6.06. The van der Waals surface area contributed by atoms with Gasteiger partial charge in [0.1, 0.15) is 0 Å². The Kier molecular flexibility index (Phi) is 3.51. The zero-order valence-corrected chi connectivity index (χ0v) is 9.80. The molecule has 0 spiro atoms. The molecule has 1 aromatic carbocycles. The van der Waals surface area contributed by atoms with E-state index in [0.717, 1.165) is 15.6 Å². The lowest BCUT2D eigenvalue weighted by molar-refractivity contribution is 0.126. The third kappa shape index (κ3) is 2.32. The van der Waals surface area contributed by atoms with E-state index in [4.69, 9.17) is 0 Å². The highest BCUT2D eigenvalue weighted by molar-refractivity contribution is 9.10. The maximum absolute atomic E-state index is 9.88. The van der Waals surface area contributed by atoms with E-state index in [1.807, 2.05) is 39.0 Å². The van der Waals surface area contributed by atoms with Gasteiger partial charge in [-0.3, -0.25) is 0 Å². The van der Waals surface area contributed by atoms with Gasteiger partial charge in [-0.25, -0.2) is 0 Å². The van der Waals surface area contributed by atoms with E-state index in [2.05, 4.69) is 15.9 Å². The van der Waals surface area contributed by atoms with Gasteiger partial charge in [0.25, 0.3) is 0 Å². The number of rotatable bonds is 2. The lowest BCUT2D eigenvalue weighted by atomic mass is 9.95. The smallest absolute Gasteiger partial charge is 0.0815 e. The van der Waals surface area contributed by atoms with Crippen molar-refractivity contribution >= 4 is 15.9 Å². The molecule has 1 rings (SSSR count). The summed E-state index contributed by atoms with van der Waals surface area (Å²) in [5.74, 6) is 0.257. The topological polar surface area (TPSA) is 20.2 Å². The maximum Gasteiger partial charge on any atom is 0.0815 e. The molecule has 13 heavy (non-hydrogen) atoms. The van der Waals surface area contributed by atoms with Gasteiger partial charge in [-0.05, 0) is 30.0 Å². The van der Waals surface area contributed by atoms with E-state index in [-0.39, 0.29) is 12.0 Å². The number of halogens is 1. The monoisotopic (exact) mass is 242 g/mol. The summed E-state index contributed by atoms with van der Waals surface area (Å²) in [7, 11) is 0. The van der Waals surface area contributed by atoms with Crippen LogP contribution in [0.2, 0.25) is 0 Å². The first kappa shape index (κ1) is 10.7. The Morgan fingerprint density at radius 1 is 1.31 bits per heavy atom. The Bertz CT molecular complexity index is 294. The molecule has 1 aromatic rings. The van der Waals surface area contributed by atoms with Crippen LogP contribution in [-0.2, 0) is 0 Å². The molecule has 1 N–H and O–H groups in total. The van der Waals surface area contributed by atoms with Gasteiger partial charge < -0.3 is 5.11 Å². The minimum atomic E-state index is -0.363. The number of hydrogen-bond acceptors (Lipinski definition) is 1. The highest BCUT2D eigenvalue weighted by Gasteiger charge is 2.14. The van der Waals surface area contributed by atoms with Crippen LogP contribution in [0.15, 0.2) is 22.7 Å². The van der Waals surface area contributed by atoms with Gasteiger partial charge in [0, 0.05) is 4.47 Å². The van der Waals surface area contributed by atoms with Crippen molar-refractivity contribution in [2.45, 2.75) is 26.9 Å². The quantitative estimate of drug-likeness (QED) is 0.843. The Morgan fingerprint density at radius 2 is 1.92 bits per heavy atom. The standard InChI is InChI=1S/C11H15BrO/c1-7(2)11(13)9-5-4-6-10(12)8(9)3/h4-7,11,13H,1-3H3. The van der Waals surface area contributed by atoms with E-state index in [1.54, 1.807) is 0 Å². The SMILES string of the molecule is Cc1c(Br)cccc1C(O)C(C)C. The fourth-order valence-electron chi connectivity index (χ4n) is 1.30. The fraction of sp³-hybridized carbons (Fsp3) is 0.455. The third-order valence-corrected chi connectivity index (χ3v) is 3.12. The highest BCUT2D eigenvalue weighted by atomic mass is 79.9. The largest absolute Gasteiger partial charge is 0.388 e. The second-order valence-corrected chi connectivity index (χ2v) is 4.50.